The van der Waals surface area contributed by atoms with Crippen LogP contribution in [0.2, 0.25) is 5.02 Å². The van der Waals surface area contributed by atoms with Gasteiger partial charge in [-0.15, -0.1) is 0 Å². The van der Waals surface area contributed by atoms with E-state index in [1.54, 1.807) is 0 Å². The lowest BCUT2D eigenvalue weighted by molar-refractivity contribution is -0.122. The highest BCUT2D eigenvalue weighted by atomic mass is 35.5. The van der Waals surface area contributed by atoms with Gasteiger partial charge < -0.3 is 11.1 Å². The number of hydrogen-bond acceptors (Lipinski definition) is 3. The highest BCUT2D eigenvalue weighted by Crippen LogP contribution is 2.22. The number of nitrogens with two attached hydrogens (primary N) is 1. The van der Waals surface area contributed by atoms with Crippen molar-refractivity contribution in [3.05, 3.63) is 34.9 Å². The molecule has 118 valence electrons. The van der Waals surface area contributed by atoms with E-state index >= 15 is 0 Å². The van der Waals surface area contributed by atoms with Gasteiger partial charge in [-0.25, -0.2) is 0 Å². The van der Waals surface area contributed by atoms with E-state index in [9.17, 15) is 4.79 Å². The summed E-state index contributed by atoms with van der Waals surface area (Å²) in [6.07, 6.45) is 0. The highest BCUT2D eigenvalue weighted by molar-refractivity contribution is 6.31. The number of nitrogens with one attached hydrogen (secondary N) is 1. The van der Waals surface area contributed by atoms with Gasteiger partial charge in [-0.2, -0.15) is 0 Å². The minimum Gasteiger partial charge on any atom is -0.348 e. The fraction of sp³-hybridized carbons (Fsp3) is 0.562. The van der Waals surface area contributed by atoms with E-state index < -0.39 is 0 Å². The molecule has 1 amide bonds. The molecule has 0 aliphatic rings. The average molecular weight is 312 g/mol. The van der Waals surface area contributed by atoms with Crippen molar-refractivity contribution < 1.29 is 4.79 Å². The third kappa shape index (κ3) is 6.04. The molecule has 1 unspecified atom stereocenters. The summed E-state index contributed by atoms with van der Waals surface area (Å²) in [6.45, 7) is 7.83. The van der Waals surface area contributed by atoms with Crippen molar-refractivity contribution >= 4 is 17.5 Å². The first-order chi connectivity index (χ1) is 9.75. The van der Waals surface area contributed by atoms with Gasteiger partial charge in [-0.1, -0.05) is 43.6 Å². The Morgan fingerprint density at radius 1 is 1.43 bits per heavy atom. The zero-order chi connectivity index (χ0) is 16.0. The molecule has 0 saturated carbocycles. The summed E-state index contributed by atoms with van der Waals surface area (Å²) in [6, 6.07) is 7.44. The van der Waals surface area contributed by atoms with Crippen LogP contribution in [0.15, 0.2) is 24.3 Å². The Labute approximate surface area is 132 Å². The second-order valence-electron chi connectivity index (χ2n) is 6.35. The Morgan fingerprint density at radius 3 is 2.62 bits per heavy atom. The van der Waals surface area contributed by atoms with Crippen LogP contribution in [0.3, 0.4) is 0 Å². The Kier molecular flexibility index (Phi) is 6.65. The molecule has 0 fully saturated rings. The van der Waals surface area contributed by atoms with Crippen LogP contribution in [0.4, 0.5) is 0 Å². The Balaban J connectivity index is 2.52. The number of amides is 1. The van der Waals surface area contributed by atoms with Crippen LogP contribution < -0.4 is 11.1 Å². The van der Waals surface area contributed by atoms with Crippen molar-refractivity contribution in [1.82, 2.24) is 10.2 Å². The number of rotatable bonds is 7. The van der Waals surface area contributed by atoms with Gasteiger partial charge in [0.1, 0.15) is 0 Å². The summed E-state index contributed by atoms with van der Waals surface area (Å²) >= 11 is 6.14. The van der Waals surface area contributed by atoms with E-state index in [-0.39, 0.29) is 17.4 Å². The van der Waals surface area contributed by atoms with E-state index in [2.05, 4.69) is 19.2 Å². The molecule has 0 aliphatic carbocycles. The molecule has 21 heavy (non-hydrogen) atoms. The van der Waals surface area contributed by atoms with E-state index in [1.165, 1.54) is 0 Å². The van der Waals surface area contributed by atoms with Crippen LogP contribution in [0, 0.1) is 5.41 Å². The zero-order valence-electron chi connectivity index (χ0n) is 13.3. The minimum atomic E-state index is -0.109. The van der Waals surface area contributed by atoms with Gasteiger partial charge in [-0.3, -0.25) is 9.69 Å². The van der Waals surface area contributed by atoms with Gasteiger partial charge >= 0.3 is 0 Å². The monoisotopic (exact) mass is 311 g/mol. The normalized spacial score (nSPS) is 13.3. The van der Waals surface area contributed by atoms with Crippen molar-refractivity contribution in [2.24, 2.45) is 11.1 Å². The summed E-state index contributed by atoms with van der Waals surface area (Å²) in [5, 5.41) is 3.64. The van der Waals surface area contributed by atoms with Crippen LogP contribution >= 0.6 is 11.6 Å². The smallest absolute Gasteiger partial charge is 0.234 e. The highest BCUT2D eigenvalue weighted by Gasteiger charge is 2.20. The maximum Gasteiger partial charge on any atom is 0.234 e. The standard InChI is InChI=1S/C16H26ClN3O/c1-12(13-7-5-6-8-14(13)17)19-15(21)9-20(4)11-16(2,3)10-18/h5-8,12H,9-11,18H2,1-4H3,(H,19,21). The predicted octanol–water partition coefficient (Wildman–Crippen LogP) is 2.43. The number of benzene rings is 1. The lowest BCUT2D eigenvalue weighted by Crippen LogP contribution is -2.42. The summed E-state index contributed by atoms with van der Waals surface area (Å²) < 4.78 is 0. The molecule has 5 heteroatoms. The second kappa shape index (κ2) is 7.78. The summed E-state index contributed by atoms with van der Waals surface area (Å²) in [5.74, 6) is -0.0160. The third-order valence-electron chi connectivity index (χ3n) is 3.41. The zero-order valence-corrected chi connectivity index (χ0v) is 14.1. The van der Waals surface area contributed by atoms with Crippen LogP contribution in [-0.2, 0) is 4.79 Å². The largest absolute Gasteiger partial charge is 0.348 e. The van der Waals surface area contributed by atoms with Gasteiger partial charge in [0.2, 0.25) is 5.91 Å². The first-order valence-electron chi connectivity index (χ1n) is 7.17. The fourth-order valence-electron chi connectivity index (χ4n) is 2.29. The average Bonchev–Trinajstić information content (AvgIpc) is 2.38. The summed E-state index contributed by atoms with van der Waals surface area (Å²) in [5.41, 5.74) is 6.65. The number of nitrogens with zero attached hydrogens (tertiary/aromatic N) is 1. The van der Waals surface area contributed by atoms with Crippen molar-refractivity contribution in [1.29, 1.82) is 0 Å². The number of hydrogen-bond donors (Lipinski definition) is 2. The number of carbonyl (C=O) groups excluding carboxylic acids is 1. The second-order valence-corrected chi connectivity index (χ2v) is 6.76. The van der Waals surface area contributed by atoms with Crippen molar-refractivity contribution in [3.63, 3.8) is 0 Å². The Bertz CT molecular complexity index is 476. The topological polar surface area (TPSA) is 58.4 Å². The molecule has 1 rings (SSSR count). The van der Waals surface area contributed by atoms with Crippen LogP contribution in [0.1, 0.15) is 32.4 Å². The molecule has 0 saturated heterocycles. The van der Waals surface area contributed by atoms with Crippen LogP contribution in [0.5, 0.6) is 0 Å². The summed E-state index contributed by atoms with van der Waals surface area (Å²) in [4.78, 5) is 14.1. The number of carbonyl (C=O) groups is 1. The molecule has 0 spiro atoms. The Morgan fingerprint density at radius 2 is 2.05 bits per heavy atom. The van der Waals surface area contributed by atoms with E-state index in [0.717, 1.165) is 12.1 Å². The van der Waals surface area contributed by atoms with Gasteiger partial charge in [0, 0.05) is 11.6 Å². The fourth-order valence-corrected chi connectivity index (χ4v) is 2.59. The van der Waals surface area contributed by atoms with Gasteiger partial charge in [-0.05, 0) is 37.6 Å². The molecule has 0 aliphatic heterocycles. The lowest BCUT2D eigenvalue weighted by Gasteiger charge is -2.29. The SMILES string of the molecule is CC(NC(=O)CN(C)CC(C)(C)CN)c1ccccc1Cl. The molecular weight excluding hydrogens is 286 g/mol. The molecule has 0 radical (unpaired) electrons. The third-order valence-corrected chi connectivity index (χ3v) is 3.76. The quantitative estimate of drug-likeness (QED) is 0.813. The molecule has 1 aromatic carbocycles. The van der Waals surface area contributed by atoms with E-state index in [4.69, 9.17) is 17.3 Å². The van der Waals surface area contributed by atoms with E-state index in [0.29, 0.717) is 18.1 Å². The molecule has 3 N–H and O–H groups in total. The number of likely N-dealkylation sites (N-methyl/N-ethyl adjacent to an activating group) is 1. The molecule has 0 heterocycles. The van der Waals surface area contributed by atoms with E-state index in [1.807, 2.05) is 43.1 Å². The maximum absolute atomic E-state index is 12.1. The number of halogens is 1. The minimum absolute atomic E-state index is 0.00336. The molecular formula is C16H26ClN3O. The van der Waals surface area contributed by atoms with Crippen molar-refractivity contribution in [2.75, 3.05) is 26.7 Å². The van der Waals surface area contributed by atoms with Gasteiger partial charge in [0.05, 0.1) is 12.6 Å². The first kappa shape index (κ1) is 18.0. The summed E-state index contributed by atoms with van der Waals surface area (Å²) in [7, 11) is 1.93. The van der Waals surface area contributed by atoms with Crippen LogP contribution in [0.25, 0.3) is 0 Å². The Hall–Kier alpha value is -1.10. The lowest BCUT2D eigenvalue weighted by atomic mass is 9.93. The molecule has 0 bridgehead atoms. The van der Waals surface area contributed by atoms with Gasteiger partial charge in [0.15, 0.2) is 0 Å². The predicted molar refractivity (Wildman–Crippen MR) is 88.3 cm³/mol. The van der Waals surface area contributed by atoms with Gasteiger partial charge in [0.25, 0.3) is 0 Å². The molecule has 4 nitrogen and oxygen atoms in total. The van der Waals surface area contributed by atoms with Crippen LogP contribution in [-0.4, -0.2) is 37.5 Å². The first-order valence-corrected chi connectivity index (χ1v) is 7.55. The maximum atomic E-state index is 12.1. The molecule has 1 atom stereocenters. The molecule has 1 aromatic rings. The van der Waals surface area contributed by atoms with Crippen molar-refractivity contribution in [2.45, 2.75) is 26.8 Å². The molecule has 0 aromatic heterocycles. The van der Waals surface area contributed by atoms with Crippen molar-refractivity contribution in [3.8, 4) is 0 Å².